The summed E-state index contributed by atoms with van der Waals surface area (Å²) in [6.07, 6.45) is 1.18. The van der Waals surface area contributed by atoms with Crippen LogP contribution in [0.15, 0.2) is 77.7 Å². The van der Waals surface area contributed by atoms with Gasteiger partial charge in [0.05, 0.1) is 10.6 Å². The third-order valence-electron chi connectivity index (χ3n) is 4.73. The first-order valence-electron chi connectivity index (χ1n) is 9.88. The summed E-state index contributed by atoms with van der Waals surface area (Å²) in [5.41, 5.74) is 11.6. The van der Waals surface area contributed by atoms with Crippen LogP contribution in [0.5, 0.6) is 0 Å². The number of nitrogens with one attached hydrogen (secondary N) is 3. The molecule has 0 radical (unpaired) electrons. The van der Waals surface area contributed by atoms with Gasteiger partial charge in [0, 0.05) is 29.6 Å². The monoisotopic (exact) mass is 451 g/mol. The van der Waals surface area contributed by atoms with Gasteiger partial charge in [-0.05, 0) is 42.8 Å². The number of sulfone groups is 1. The molecule has 5 N–H and O–H groups in total. The summed E-state index contributed by atoms with van der Waals surface area (Å²) in [6.45, 7) is 2.21. The van der Waals surface area contributed by atoms with Gasteiger partial charge >= 0.3 is 6.03 Å². The third kappa shape index (κ3) is 5.44. The van der Waals surface area contributed by atoms with Crippen molar-refractivity contribution >= 4 is 33.1 Å². The Kier molecular flexibility index (Phi) is 6.79. The van der Waals surface area contributed by atoms with E-state index in [0.717, 1.165) is 5.56 Å². The lowest BCUT2D eigenvalue weighted by Gasteiger charge is -2.23. The van der Waals surface area contributed by atoms with Crippen LogP contribution in [0.1, 0.15) is 12.5 Å². The van der Waals surface area contributed by atoms with E-state index < -0.39 is 9.84 Å². The van der Waals surface area contributed by atoms with Gasteiger partial charge in [-0.3, -0.25) is 10.8 Å². The molecule has 0 aliphatic carbocycles. The zero-order chi connectivity index (χ0) is 23.3. The fourth-order valence-corrected chi connectivity index (χ4v) is 4.05. The molecule has 0 fully saturated rings. The molecular weight excluding hydrogens is 426 g/mol. The first-order valence-corrected chi connectivity index (χ1v) is 11.8. The molecule has 0 unspecified atom stereocenters. The lowest BCUT2D eigenvalue weighted by molar-refractivity contribution is 0.224. The largest absolute Gasteiger partial charge is 0.384 e. The Morgan fingerprint density at radius 2 is 1.69 bits per heavy atom. The Morgan fingerprint density at radius 1 is 1.00 bits per heavy atom. The molecule has 9 heteroatoms. The Morgan fingerprint density at radius 3 is 2.31 bits per heavy atom. The molecule has 0 aliphatic heterocycles. The van der Waals surface area contributed by atoms with Gasteiger partial charge in [0.25, 0.3) is 0 Å². The number of nitrogens with two attached hydrogens (primary N) is 1. The normalized spacial score (nSPS) is 10.9. The molecule has 0 aromatic heterocycles. The molecule has 166 valence electrons. The zero-order valence-corrected chi connectivity index (χ0v) is 18.6. The number of nitrogen functional groups attached to an aromatic ring is 1. The Labute approximate surface area is 187 Å². The van der Waals surface area contributed by atoms with Crippen molar-refractivity contribution in [2.24, 2.45) is 5.73 Å². The number of hydrazine groups is 1. The molecule has 0 saturated carbocycles. The maximum Gasteiger partial charge on any atom is 0.340 e. The molecule has 2 amide bonds. The van der Waals surface area contributed by atoms with Crippen LogP contribution in [0.2, 0.25) is 0 Å². The van der Waals surface area contributed by atoms with Gasteiger partial charge in [-0.1, -0.05) is 42.5 Å². The lowest BCUT2D eigenvalue weighted by Crippen LogP contribution is -2.39. The van der Waals surface area contributed by atoms with Gasteiger partial charge < -0.3 is 11.1 Å². The number of hydrogen-bond acceptors (Lipinski definition) is 5. The zero-order valence-electron chi connectivity index (χ0n) is 17.8. The Hall–Kier alpha value is -3.85. The summed E-state index contributed by atoms with van der Waals surface area (Å²) in [6, 6.07) is 20.3. The van der Waals surface area contributed by atoms with Crippen LogP contribution in [0.4, 0.5) is 16.2 Å². The van der Waals surface area contributed by atoms with Crippen LogP contribution < -0.4 is 16.5 Å². The molecule has 0 bridgehead atoms. The lowest BCUT2D eigenvalue weighted by atomic mass is 10.1. The quantitative estimate of drug-likeness (QED) is 0.246. The van der Waals surface area contributed by atoms with Crippen LogP contribution in [0.25, 0.3) is 11.1 Å². The Bertz CT molecular complexity index is 1240. The summed E-state index contributed by atoms with van der Waals surface area (Å²) in [4.78, 5) is 13.0. The van der Waals surface area contributed by atoms with Crippen molar-refractivity contribution in [2.75, 3.05) is 23.5 Å². The number of benzene rings is 3. The highest BCUT2D eigenvalue weighted by Crippen LogP contribution is 2.28. The maximum atomic E-state index is 12.7. The van der Waals surface area contributed by atoms with Crippen molar-refractivity contribution in [3.63, 3.8) is 0 Å². The van der Waals surface area contributed by atoms with Crippen LogP contribution in [-0.2, 0) is 9.84 Å². The van der Waals surface area contributed by atoms with Gasteiger partial charge in [0.1, 0.15) is 5.84 Å². The minimum absolute atomic E-state index is 0.0568. The standard InChI is InChI=1S/C23H25N5O3S/c1-3-28(27-19-8-6-7-17(15-19)22(24)25)23(29)26-18-13-11-16(12-14-18)20-9-4-5-10-21(20)32(2,30)31/h4-15,27H,3H2,1-2H3,(H3,24,25)(H,26,29). The van der Waals surface area contributed by atoms with Crippen LogP contribution in [0, 0.1) is 5.41 Å². The molecule has 0 aliphatic rings. The highest BCUT2D eigenvalue weighted by Gasteiger charge is 2.15. The second-order valence-corrected chi connectivity index (χ2v) is 9.11. The minimum atomic E-state index is -3.37. The number of anilines is 2. The van der Waals surface area contributed by atoms with E-state index in [2.05, 4.69) is 10.7 Å². The minimum Gasteiger partial charge on any atom is -0.384 e. The van der Waals surface area contributed by atoms with E-state index in [-0.39, 0.29) is 16.8 Å². The molecule has 0 spiro atoms. The molecule has 8 nitrogen and oxygen atoms in total. The van der Waals surface area contributed by atoms with Gasteiger partial charge in [0.2, 0.25) is 0 Å². The second kappa shape index (κ2) is 9.52. The number of amides is 2. The molecule has 0 heterocycles. The van der Waals surface area contributed by atoms with Crippen molar-refractivity contribution in [1.82, 2.24) is 5.01 Å². The fraction of sp³-hybridized carbons (Fsp3) is 0.130. The van der Waals surface area contributed by atoms with Crippen molar-refractivity contribution < 1.29 is 13.2 Å². The molecule has 3 aromatic carbocycles. The van der Waals surface area contributed by atoms with E-state index >= 15 is 0 Å². The van der Waals surface area contributed by atoms with Gasteiger partial charge in [-0.25, -0.2) is 18.2 Å². The van der Waals surface area contributed by atoms with Gasteiger partial charge in [-0.2, -0.15) is 0 Å². The topological polar surface area (TPSA) is 128 Å². The number of urea groups is 1. The summed E-state index contributed by atoms with van der Waals surface area (Å²) < 4.78 is 24.1. The maximum absolute atomic E-state index is 12.7. The Balaban J connectivity index is 1.74. The third-order valence-corrected chi connectivity index (χ3v) is 5.89. The van der Waals surface area contributed by atoms with Crippen molar-refractivity contribution in [3.8, 4) is 11.1 Å². The van der Waals surface area contributed by atoms with E-state index in [1.54, 1.807) is 72.8 Å². The molecule has 3 rings (SSSR count). The number of carbonyl (C=O) groups is 1. The predicted octanol–water partition coefficient (Wildman–Crippen LogP) is 3.92. The smallest absolute Gasteiger partial charge is 0.340 e. The van der Waals surface area contributed by atoms with E-state index in [4.69, 9.17) is 11.1 Å². The SMILES string of the molecule is CCN(Nc1cccc(C(=N)N)c1)C(=O)Nc1ccc(-c2ccccc2S(C)(=O)=O)cc1. The fourth-order valence-electron chi connectivity index (χ4n) is 3.14. The summed E-state index contributed by atoms with van der Waals surface area (Å²) in [7, 11) is -3.37. The van der Waals surface area contributed by atoms with Gasteiger partial charge in [-0.15, -0.1) is 0 Å². The van der Waals surface area contributed by atoms with E-state index in [0.29, 0.717) is 29.0 Å². The number of amidine groups is 1. The number of hydrogen-bond donors (Lipinski definition) is 4. The average molecular weight is 452 g/mol. The molecule has 32 heavy (non-hydrogen) atoms. The summed E-state index contributed by atoms with van der Waals surface area (Å²) in [5.74, 6) is -0.0568. The molecule has 3 aromatic rings. The molecular formula is C23H25N5O3S. The predicted molar refractivity (Wildman–Crippen MR) is 127 cm³/mol. The van der Waals surface area contributed by atoms with Crippen molar-refractivity contribution in [3.05, 3.63) is 78.4 Å². The van der Waals surface area contributed by atoms with Crippen molar-refractivity contribution in [1.29, 1.82) is 5.41 Å². The highest BCUT2D eigenvalue weighted by atomic mass is 32.2. The summed E-state index contributed by atoms with van der Waals surface area (Å²) >= 11 is 0. The van der Waals surface area contributed by atoms with E-state index in [9.17, 15) is 13.2 Å². The van der Waals surface area contributed by atoms with Gasteiger partial charge in [0.15, 0.2) is 9.84 Å². The molecule has 0 atom stereocenters. The van der Waals surface area contributed by atoms with Crippen LogP contribution in [0.3, 0.4) is 0 Å². The van der Waals surface area contributed by atoms with Crippen LogP contribution in [-0.4, -0.2) is 38.1 Å². The number of rotatable bonds is 7. The second-order valence-electron chi connectivity index (χ2n) is 7.13. The number of nitrogens with zero attached hydrogens (tertiary/aromatic N) is 1. The first kappa shape index (κ1) is 22.8. The average Bonchev–Trinajstić information content (AvgIpc) is 2.77. The first-order chi connectivity index (χ1) is 15.2. The molecule has 0 saturated heterocycles. The number of carbonyl (C=O) groups excluding carboxylic acids is 1. The highest BCUT2D eigenvalue weighted by molar-refractivity contribution is 7.90. The van der Waals surface area contributed by atoms with E-state index in [1.807, 2.05) is 6.92 Å². The van der Waals surface area contributed by atoms with E-state index in [1.165, 1.54) is 11.3 Å². The van der Waals surface area contributed by atoms with Crippen LogP contribution >= 0.6 is 0 Å². The van der Waals surface area contributed by atoms with Crippen molar-refractivity contribution in [2.45, 2.75) is 11.8 Å². The summed E-state index contributed by atoms with van der Waals surface area (Å²) in [5, 5.41) is 11.8.